The van der Waals surface area contributed by atoms with E-state index in [9.17, 15) is 0 Å². The van der Waals surface area contributed by atoms with Crippen LogP contribution in [0.1, 0.15) is 17.9 Å². The van der Waals surface area contributed by atoms with E-state index < -0.39 is 0 Å². The fourth-order valence-corrected chi connectivity index (χ4v) is 2.01. The second-order valence-electron chi connectivity index (χ2n) is 4.14. The van der Waals surface area contributed by atoms with Crippen LogP contribution in [0, 0.1) is 6.92 Å². The summed E-state index contributed by atoms with van der Waals surface area (Å²) in [6.07, 6.45) is 1.41. The van der Waals surface area contributed by atoms with Crippen LogP contribution in [-0.2, 0) is 6.42 Å². The first-order chi connectivity index (χ1) is 8.69. The van der Waals surface area contributed by atoms with Crippen LogP contribution in [0.2, 0.25) is 0 Å². The topological polar surface area (TPSA) is 46.0 Å². The number of hydrogen-bond donors (Lipinski definition) is 1. The molecule has 0 atom stereocenters. The molecule has 0 spiro atoms. The Morgan fingerprint density at radius 3 is 2.56 bits per heavy atom. The zero-order valence-electron chi connectivity index (χ0n) is 10.2. The number of halogens is 1. The summed E-state index contributed by atoms with van der Waals surface area (Å²) in [5, 5.41) is 8.85. The molecule has 0 aliphatic rings. The first-order valence-corrected chi connectivity index (χ1v) is 6.69. The van der Waals surface area contributed by atoms with Crippen LogP contribution in [0.25, 0.3) is 11.3 Å². The Balaban J connectivity index is 2.32. The number of aromatic nitrogens is 2. The quantitative estimate of drug-likeness (QED) is 0.944. The minimum Gasteiger partial charge on any atom is -0.396 e. The van der Waals surface area contributed by atoms with Crippen molar-refractivity contribution in [2.45, 2.75) is 19.8 Å². The average molecular weight is 307 g/mol. The summed E-state index contributed by atoms with van der Waals surface area (Å²) < 4.78 is 1.05. The summed E-state index contributed by atoms with van der Waals surface area (Å²) >= 11 is 3.42. The maximum Gasteiger partial charge on any atom is 0.129 e. The van der Waals surface area contributed by atoms with Crippen molar-refractivity contribution >= 4 is 15.9 Å². The summed E-state index contributed by atoms with van der Waals surface area (Å²) in [7, 11) is 0. The average Bonchev–Trinajstić information content (AvgIpc) is 2.36. The first kappa shape index (κ1) is 13.2. The van der Waals surface area contributed by atoms with Gasteiger partial charge in [0.15, 0.2) is 0 Å². The van der Waals surface area contributed by atoms with Gasteiger partial charge in [-0.2, -0.15) is 0 Å². The molecule has 1 aromatic carbocycles. The van der Waals surface area contributed by atoms with Gasteiger partial charge in [0, 0.05) is 28.8 Å². The van der Waals surface area contributed by atoms with Crippen LogP contribution in [0.4, 0.5) is 0 Å². The van der Waals surface area contributed by atoms with Gasteiger partial charge in [0.05, 0.1) is 5.69 Å². The highest BCUT2D eigenvalue weighted by Crippen LogP contribution is 2.20. The highest BCUT2D eigenvalue weighted by molar-refractivity contribution is 9.10. The molecule has 0 saturated heterocycles. The van der Waals surface area contributed by atoms with Gasteiger partial charge in [-0.1, -0.05) is 28.1 Å². The first-order valence-electron chi connectivity index (χ1n) is 5.90. The van der Waals surface area contributed by atoms with Gasteiger partial charge in [0.1, 0.15) is 5.82 Å². The van der Waals surface area contributed by atoms with Crippen LogP contribution in [0.3, 0.4) is 0 Å². The lowest BCUT2D eigenvalue weighted by atomic mass is 10.1. The predicted octanol–water partition coefficient (Wildman–Crippen LogP) is 3.14. The van der Waals surface area contributed by atoms with E-state index in [0.29, 0.717) is 12.8 Å². The Morgan fingerprint density at radius 2 is 1.89 bits per heavy atom. The molecule has 0 bridgehead atoms. The number of benzene rings is 1. The molecule has 2 rings (SSSR count). The molecule has 3 nitrogen and oxygen atoms in total. The third-order valence-electron chi connectivity index (χ3n) is 2.60. The maximum atomic E-state index is 8.85. The zero-order valence-corrected chi connectivity index (χ0v) is 11.8. The van der Waals surface area contributed by atoms with Crippen LogP contribution in [-0.4, -0.2) is 21.7 Å². The van der Waals surface area contributed by atoms with Crippen LogP contribution in [0.5, 0.6) is 0 Å². The lowest BCUT2D eigenvalue weighted by molar-refractivity contribution is 0.287. The molecule has 1 N–H and O–H groups in total. The summed E-state index contributed by atoms with van der Waals surface area (Å²) in [5.41, 5.74) is 2.97. The monoisotopic (exact) mass is 306 g/mol. The summed E-state index contributed by atoms with van der Waals surface area (Å²) in [6.45, 7) is 2.14. The van der Waals surface area contributed by atoms with Crippen molar-refractivity contribution in [1.82, 2.24) is 9.97 Å². The third kappa shape index (κ3) is 3.37. The van der Waals surface area contributed by atoms with E-state index in [1.165, 1.54) is 0 Å². The van der Waals surface area contributed by atoms with Crippen molar-refractivity contribution in [2.75, 3.05) is 6.61 Å². The second-order valence-corrected chi connectivity index (χ2v) is 5.06. The predicted molar refractivity (Wildman–Crippen MR) is 75.3 cm³/mol. The Hall–Kier alpha value is -1.26. The van der Waals surface area contributed by atoms with Crippen molar-refractivity contribution in [1.29, 1.82) is 0 Å². The molecule has 4 heteroatoms. The van der Waals surface area contributed by atoms with Gasteiger partial charge in [-0.25, -0.2) is 9.97 Å². The van der Waals surface area contributed by atoms with Gasteiger partial charge in [0.25, 0.3) is 0 Å². The van der Waals surface area contributed by atoms with Gasteiger partial charge in [-0.3, -0.25) is 0 Å². The molecular weight excluding hydrogens is 292 g/mol. The molecule has 2 aromatic rings. The van der Waals surface area contributed by atoms with Crippen molar-refractivity contribution in [3.05, 3.63) is 46.3 Å². The molecular formula is C14H15BrN2O. The van der Waals surface area contributed by atoms with Crippen LogP contribution < -0.4 is 0 Å². The summed E-state index contributed by atoms with van der Waals surface area (Å²) in [6, 6.07) is 10.0. The lowest BCUT2D eigenvalue weighted by Gasteiger charge is -2.06. The van der Waals surface area contributed by atoms with E-state index in [1.807, 2.05) is 37.3 Å². The maximum absolute atomic E-state index is 8.85. The largest absolute Gasteiger partial charge is 0.396 e. The third-order valence-corrected chi connectivity index (χ3v) is 3.13. The van der Waals surface area contributed by atoms with E-state index in [-0.39, 0.29) is 6.61 Å². The normalized spacial score (nSPS) is 10.6. The SMILES string of the molecule is Cc1cc(-c2ccc(Br)cc2)nc(CCCO)n1. The molecule has 0 aliphatic carbocycles. The number of aryl methyl sites for hydroxylation is 2. The van der Waals surface area contributed by atoms with Crippen molar-refractivity contribution in [2.24, 2.45) is 0 Å². The molecule has 94 valence electrons. The molecule has 0 radical (unpaired) electrons. The van der Waals surface area contributed by atoms with E-state index in [0.717, 1.165) is 27.2 Å². The number of hydrogen-bond acceptors (Lipinski definition) is 3. The molecule has 18 heavy (non-hydrogen) atoms. The van der Waals surface area contributed by atoms with Crippen molar-refractivity contribution in [3.8, 4) is 11.3 Å². The van der Waals surface area contributed by atoms with Crippen molar-refractivity contribution in [3.63, 3.8) is 0 Å². The van der Waals surface area contributed by atoms with Gasteiger partial charge in [-0.15, -0.1) is 0 Å². The van der Waals surface area contributed by atoms with Crippen molar-refractivity contribution < 1.29 is 5.11 Å². The molecule has 0 unspecified atom stereocenters. The molecule has 1 heterocycles. The highest BCUT2D eigenvalue weighted by atomic mass is 79.9. The standard InChI is InChI=1S/C14H15BrN2O/c1-10-9-13(11-4-6-12(15)7-5-11)17-14(16-10)3-2-8-18/h4-7,9,18H,2-3,8H2,1H3. The minimum atomic E-state index is 0.172. The van der Waals surface area contributed by atoms with Gasteiger partial charge < -0.3 is 5.11 Å². The second kappa shape index (κ2) is 6.07. The van der Waals surface area contributed by atoms with E-state index in [2.05, 4.69) is 25.9 Å². The summed E-state index contributed by atoms with van der Waals surface area (Å²) in [4.78, 5) is 8.92. The Morgan fingerprint density at radius 1 is 1.17 bits per heavy atom. The van der Waals surface area contributed by atoms with Crippen LogP contribution in [0.15, 0.2) is 34.8 Å². The number of aliphatic hydroxyl groups is 1. The molecule has 0 saturated carbocycles. The Kier molecular flexibility index (Phi) is 4.44. The van der Waals surface area contributed by atoms with Gasteiger partial charge in [0.2, 0.25) is 0 Å². The van der Waals surface area contributed by atoms with Gasteiger partial charge >= 0.3 is 0 Å². The number of rotatable bonds is 4. The molecule has 0 aliphatic heterocycles. The van der Waals surface area contributed by atoms with E-state index in [4.69, 9.17) is 5.11 Å². The summed E-state index contributed by atoms with van der Waals surface area (Å²) in [5.74, 6) is 0.793. The van der Waals surface area contributed by atoms with E-state index >= 15 is 0 Å². The van der Waals surface area contributed by atoms with Gasteiger partial charge in [-0.05, 0) is 31.5 Å². The smallest absolute Gasteiger partial charge is 0.129 e. The van der Waals surface area contributed by atoms with Crippen LogP contribution >= 0.6 is 15.9 Å². The Labute approximate surface area is 115 Å². The molecule has 0 fully saturated rings. The number of nitrogens with zero attached hydrogens (tertiary/aromatic N) is 2. The lowest BCUT2D eigenvalue weighted by Crippen LogP contribution is -2.00. The number of aliphatic hydroxyl groups excluding tert-OH is 1. The fourth-order valence-electron chi connectivity index (χ4n) is 1.75. The zero-order chi connectivity index (χ0) is 13.0. The fraction of sp³-hybridized carbons (Fsp3) is 0.286. The van der Waals surface area contributed by atoms with E-state index in [1.54, 1.807) is 0 Å². The Bertz CT molecular complexity index is 526. The highest BCUT2D eigenvalue weighted by Gasteiger charge is 2.04. The molecule has 1 aromatic heterocycles. The minimum absolute atomic E-state index is 0.172. The molecule has 0 amide bonds.